The van der Waals surface area contributed by atoms with Gasteiger partial charge in [0, 0.05) is 57.1 Å². The Labute approximate surface area is 231 Å². The van der Waals surface area contributed by atoms with E-state index in [1.165, 1.54) is 49.3 Å². The molecule has 0 spiro atoms. The number of piperazine rings is 1. The van der Waals surface area contributed by atoms with Crippen LogP contribution in [0.4, 0.5) is 5.82 Å². The number of anilines is 1. The molecule has 0 unspecified atom stereocenters. The normalized spacial score (nSPS) is 20.4. The quantitative estimate of drug-likeness (QED) is 0.294. The molecule has 0 aromatic carbocycles. The molecule has 1 aliphatic carbocycles. The highest BCUT2D eigenvalue weighted by Crippen LogP contribution is 2.28. The van der Waals surface area contributed by atoms with E-state index in [0.717, 1.165) is 58.5 Å². The summed E-state index contributed by atoms with van der Waals surface area (Å²) in [6.45, 7) is 10.3. The lowest BCUT2D eigenvalue weighted by Crippen LogP contribution is -2.53. The number of likely N-dealkylation sites (tertiary alicyclic amines) is 1. The molecule has 210 valence electrons. The maximum atomic E-state index is 12.5. The van der Waals surface area contributed by atoms with Crippen LogP contribution >= 0.6 is 0 Å². The van der Waals surface area contributed by atoms with Crippen LogP contribution in [0.15, 0.2) is 71.4 Å². The third kappa shape index (κ3) is 7.97. The van der Waals surface area contributed by atoms with Gasteiger partial charge in [-0.1, -0.05) is 29.9 Å². The van der Waals surface area contributed by atoms with E-state index in [2.05, 4.69) is 56.2 Å². The van der Waals surface area contributed by atoms with E-state index in [1.807, 2.05) is 0 Å². The Kier molecular flexibility index (Phi) is 9.84. The van der Waals surface area contributed by atoms with Gasteiger partial charge in [0.25, 0.3) is 5.91 Å². The number of nitrogens with one attached hydrogen (secondary N) is 1. The van der Waals surface area contributed by atoms with Crippen LogP contribution in [0.25, 0.3) is 0 Å². The smallest absolute Gasteiger partial charge is 0.253 e. The van der Waals surface area contributed by atoms with Crippen molar-refractivity contribution < 1.29 is 20.1 Å². The zero-order valence-electron chi connectivity index (χ0n) is 23.0. The molecule has 39 heavy (non-hydrogen) atoms. The third-order valence-corrected chi connectivity index (χ3v) is 7.60. The predicted molar refractivity (Wildman–Crippen MR) is 154 cm³/mol. The molecular formula is C30H41N5O4. The van der Waals surface area contributed by atoms with Crippen LogP contribution < -0.4 is 10.2 Å². The molecule has 1 amide bonds. The topological polar surface area (TPSA) is 112 Å². The van der Waals surface area contributed by atoms with Crippen molar-refractivity contribution in [1.82, 2.24) is 20.1 Å². The van der Waals surface area contributed by atoms with Gasteiger partial charge in [0.05, 0.1) is 17.6 Å². The molecular weight excluding hydrogens is 494 g/mol. The number of rotatable bonds is 8. The van der Waals surface area contributed by atoms with Crippen molar-refractivity contribution in [3.63, 3.8) is 0 Å². The number of carbonyl (C=O) groups excluding carboxylic acids is 1. The summed E-state index contributed by atoms with van der Waals surface area (Å²) in [5, 5.41) is 31.9. The Morgan fingerprint density at radius 2 is 1.87 bits per heavy atom. The summed E-state index contributed by atoms with van der Waals surface area (Å²) in [6.07, 6.45) is 16.1. The number of hydrogen-bond acceptors (Lipinski definition) is 8. The van der Waals surface area contributed by atoms with Crippen LogP contribution in [0, 0.1) is 0 Å². The van der Waals surface area contributed by atoms with Crippen molar-refractivity contribution in [2.75, 3.05) is 57.3 Å². The van der Waals surface area contributed by atoms with E-state index in [-0.39, 0.29) is 23.6 Å². The average molecular weight is 536 g/mol. The molecule has 4 N–H and O–H groups in total. The number of pyridine rings is 1. The number of allylic oxidation sites excluding steroid dienone is 5. The van der Waals surface area contributed by atoms with E-state index >= 15 is 0 Å². The first-order valence-electron chi connectivity index (χ1n) is 13.8. The second-order valence-electron chi connectivity index (χ2n) is 10.6. The molecule has 1 aromatic heterocycles. The highest BCUT2D eigenvalue weighted by molar-refractivity contribution is 5.94. The van der Waals surface area contributed by atoms with Crippen LogP contribution in [0.2, 0.25) is 0 Å². The van der Waals surface area contributed by atoms with Gasteiger partial charge in [-0.3, -0.25) is 14.6 Å². The minimum atomic E-state index is -0.429. The van der Waals surface area contributed by atoms with Gasteiger partial charge in [-0.05, 0) is 63.9 Å². The number of amides is 1. The highest BCUT2D eigenvalue weighted by atomic mass is 16.3. The Morgan fingerprint density at radius 1 is 1.13 bits per heavy atom. The Balaban J connectivity index is 1.23. The highest BCUT2D eigenvalue weighted by Gasteiger charge is 2.29. The van der Waals surface area contributed by atoms with Gasteiger partial charge in [-0.2, -0.15) is 0 Å². The molecule has 4 rings (SSSR count). The number of aliphatic hydroxyl groups excluding tert-OH is 2. The number of nitrogens with zero attached hydrogens (tertiary/aromatic N) is 4. The van der Waals surface area contributed by atoms with Crippen molar-refractivity contribution in [2.24, 2.45) is 0 Å². The summed E-state index contributed by atoms with van der Waals surface area (Å²) in [5.41, 5.74) is 3.32. The van der Waals surface area contributed by atoms with E-state index in [0.29, 0.717) is 17.4 Å². The van der Waals surface area contributed by atoms with Gasteiger partial charge in [-0.25, -0.2) is 4.98 Å². The molecule has 0 saturated carbocycles. The Morgan fingerprint density at radius 3 is 2.54 bits per heavy atom. The minimum absolute atomic E-state index is 0.0207. The lowest BCUT2D eigenvalue weighted by molar-refractivity contribution is 0.0956. The largest absolute Gasteiger partial charge is 0.515 e. The molecule has 3 aliphatic rings. The first-order chi connectivity index (χ1) is 18.8. The fourth-order valence-corrected chi connectivity index (χ4v) is 5.39. The summed E-state index contributed by atoms with van der Waals surface area (Å²) < 4.78 is 0. The van der Waals surface area contributed by atoms with E-state index in [4.69, 9.17) is 0 Å². The van der Waals surface area contributed by atoms with Gasteiger partial charge in [0.1, 0.15) is 0 Å². The Hall–Kier alpha value is -3.56. The van der Waals surface area contributed by atoms with E-state index < -0.39 is 5.91 Å². The number of aromatic nitrogens is 1. The third-order valence-electron chi connectivity index (χ3n) is 7.60. The molecule has 0 bridgehead atoms. The molecule has 3 heterocycles. The number of carbonyl (C=O) groups is 1. The lowest BCUT2D eigenvalue weighted by atomic mass is 10.0. The van der Waals surface area contributed by atoms with Crippen molar-refractivity contribution >= 4 is 11.7 Å². The molecule has 2 fully saturated rings. The maximum absolute atomic E-state index is 12.5. The van der Waals surface area contributed by atoms with Gasteiger partial charge < -0.3 is 25.5 Å². The second kappa shape index (κ2) is 13.5. The first-order valence-corrected chi connectivity index (χ1v) is 13.8. The summed E-state index contributed by atoms with van der Waals surface area (Å²) >= 11 is 0. The summed E-state index contributed by atoms with van der Waals surface area (Å²) in [4.78, 5) is 24.1. The van der Waals surface area contributed by atoms with Crippen LogP contribution in [-0.4, -0.2) is 94.4 Å². The summed E-state index contributed by atoms with van der Waals surface area (Å²) in [6, 6.07) is 2.01. The number of piperidine rings is 1. The van der Waals surface area contributed by atoms with Gasteiger partial charge in [0.15, 0.2) is 11.6 Å². The van der Waals surface area contributed by atoms with Crippen LogP contribution in [0.5, 0.6) is 5.75 Å². The number of aliphatic hydroxyl groups is 2. The molecule has 2 saturated heterocycles. The van der Waals surface area contributed by atoms with Gasteiger partial charge >= 0.3 is 0 Å². The maximum Gasteiger partial charge on any atom is 0.253 e. The summed E-state index contributed by atoms with van der Waals surface area (Å²) in [5.74, 6) is 0.0558. The fourth-order valence-electron chi connectivity index (χ4n) is 5.39. The Bertz CT molecular complexity index is 1170. The monoisotopic (exact) mass is 535 g/mol. The second-order valence-corrected chi connectivity index (χ2v) is 10.6. The fraction of sp³-hybridized carbons (Fsp3) is 0.467. The SMILES string of the molecule is CC1=CCC=C(CN2CCC(N3CCN(c4ncc(C(=O)NCC(/C=C(\C)O)=C/O)cc4O)CC3)CC2)C=C1. The van der Waals surface area contributed by atoms with Crippen molar-refractivity contribution in [3.05, 3.63) is 76.9 Å². The molecule has 9 heteroatoms. The van der Waals surface area contributed by atoms with Crippen LogP contribution in [-0.2, 0) is 0 Å². The molecule has 0 atom stereocenters. The molecule has 2 aliphatic heterocycles. The standard InChI is InChI=1S/C30H41N5O4/c1-22-4-3-5-24(7-6-22)20-33-10-8-27(9-11-33)34-12-14-35(15-13-34)29-28(38)17-26(19-31-29)30(39)32-18-25(21-36)16-23(2)37/h4-7,16-17,19,21,27,36-38H,3,8-15,18,20H2,1-2H3,(H,32,39)/b23-16+,25-21+. The van der Waals surface area contributed by atoms with Crippen LogP contribution in [0.3, 0.4) is 0 Å². The first kappa shape index (κ1) is 28.4. The van der Waals surface area contributed by atoms with Gasteiger partial charge in [-0.15, -0.1) is 0 Å². The van der Waals surface area contributed by atoms with Crippen molar-refractivity contribution in [3.8, 4) is 5.75 Å². The molecule has 9 nitrogen and oxygen atoms in total. The average Bonchev–Trinajstić information content (AvgIpc) is 3.14. The summed E-state index contributed by atoms with van der Waals surface area (Å²) in [7, 11) is 0. The van der Waals surface area contributed by atoms with Crippen molar-refractivity contribution in [1.29, 1.82) is 0 Å². The number of hydrogen-bond donors (Lipinski definition) is 4. The predicted octanol–water partition coefficient (Wildman–Crippen LogP) is 3.84. The van der Waals surface area contributed by atoms with E-state index in [1.54, 1.807) is 0 Å². The van der Waals surface area contributed by atoms with Crippen molar-refractivity contribution in [2.45, 2.75) is 39.2 Å². The molecule has 0 radical (unpaired) electrons. The van der Waals surface area contributed by atoms with E-state index in [9.17, 15) is 20.1 Å². The lowest BCUT2D eigenvalue weighted by Gasteiger charge is -2.43. The number of aromatic hydroxyl groups is 1. The minimum Gasteiger partial charge on any atom is -0.515 e. The van der Waals surface area contributed by atoms with Gasteiger partial charge in [0.2, 0.25) is 0 Å². The molecule has 1 aromatic rings. The van der Waals surface area contributed by atoms with Crippen LogP contribution in [0.1, 0.15) is 43.5 Å². The zero-order chi connectivity index (χ0) is 27.8. The zero-order valence-corrected chi connectivity index (χ0v) is 23.0.